The maximum Gasteiger partial charge on any atom is 0.229 e. The molecule has 0 aliphatic heterocycles. The van der Waals surface area contributed by atoms with Crippen LogP contribution in [0.3, 0.4) is 0 Å². The van der Waals surface area contributed by atoms with E-state index in [1.165, 1.54) is 12.1 Å². The number of amides is 1. The molecule has 20 heavy (non-hydrogen) atoms. The lowest BCUT2D eigenvalue weighted by atomic mass is 10.1. The molecule has 2 atom stereocenters. The predicted octanol–water partition coefficient (Wildman–Crippen LogP) is 2.74. The summed E-state index contributed by atoms with van der Waals surface area (Å²) in [5.74, 6) is -2.10. The van der Waals surface area contributed by atoms with Crippen molar-refractivity contribution >= 4 is 11.7 Å². The van der Waals surface area contributed by atoms with Gasteiger partial charge in [0.05, 0.1) is 0 Å². The minimum Gasteiger partial charge on any atom is -0.309 e. The van der Waals surface area contributed by atoms with Crippen LogP contribution in [0, 0.1) is 24.5 Å². The number of nitrogens with zero attached hydrogens (tertiary/aromatic N) is 1. The molecule has 0 spiro atoms. The summed E-state index contributed by atoms with van der Waals surface area (Å²) in [5.41, 5.74) is 1.10. The van der Waals surface area contributed by atoms with Crippen molar-refractivity contribution in [3.63, 3.8) is 0 Å². The SMILES string of the molecule is Cc1cc(NC(=O)C2CC2c2cccc(F)c2F)n[nH]1. The van der Waals surface area contributed by atoms with E-state index >= 15 is 0 Å². The van der Waals surface area contributed by atoms with Crippen LogP contribution in [0.25, 0.3) is 0 Å². The highest BCUT2D eigenvalue weighted by Gasteiger charge is 2.45. The number of carbonyl (C=O) groups is 1. The highest BCUT2D eigenvalue weighted by atomic mass is 19.2. The van der Waals surface area contributed by atoms with E-state index in [2.05, 4.69) is 15.5 Å². The van der Waals surface area contributed by atoms with Gasteiger partial charge >= 0.3 is 0 Å². The van der Waals surface area contributed by atoms with Gasteiger partial charge in [-0.25, -0.2) is 8.78 Å². The summed E-state index contributed by atoms with van der Waals surface area (Å²) >= 11 is 0. The van der Waals surface area contributed by atoms with E-state index < -0.39 is 11.6 Å². The van der Waals surface area contributed by atoms with Gasteiger partial charge in [-0.2, -0.15) is 5.10 Å². The second kappa shape index (κ2) is 4.70. The summed E-state index contributed by atoms with van der Waals surface area (Å²) in [7, 11) is 0. The number of aryl methyl sites for hydroxylation is 1. The molecule has 1 amide bonds. The summed E-state index contributed by atoms with van der Waals surface area (Å²) in [4.78, 5) is 12.0. The quantitative estimate of drug-likeness (QED) is 0.906. The third kappa shape index (κ3) is 2.29. The molecule has 3 rings (SSSR count). The standard InChI is InChI=1S/C14H13F2N3O/c1-7-5-12(19-18-7)17-14(20)10-6-9(10)8-3-2-4-11(15)13(8)16/h2-5,9-10H,6H2,1H3,(H2,17,18,19,20). The Kier molecular flexibility index (Phi) is 3.00. The number of hydrogen-bond donors (Lipinski definition) is 2. The van der Waals surface area contributed by atoms with E-state index in [-0.39, 0.29) is 23.3 Å². The third-order valence-electron chi connectivity index (χ3n) is 3.47. The van der Waals surface area contributed by atoms with Crippen LogP contribution in [0.2, 0.25) is 0 Å². The van der Waals surface area contributed by atoms with Gasteiger partial charge in [0.2, 0.25) is 5.91 Å². The zero-order valence-corrected chi connectivity index (χ0v) is 10.8. The molecule has 2 N–H and O–H groups in total. The Balaban J connectivity index is 1.69. The molecular formula is C14H13F2N3O. The maximum atomic E-state index is 13.6. The van der Waals surface area contributed by atoms with E-state index in [1.807, 2.05) is 6.92 Å². The first-order chi connectivity index (χ1) is 9.56. The topological polar surface area (TPSA) is 57.8 Å². The lowest BCUT2D eigenvalue weighted by molar-refractivity contribution is -0.117. The fourth-order valence-electron chi connectivity index (χ4n) is 2.34. The van der Waals surface area contributed by atoms with Crippen LogP contribution in [0.15, 0.2) is 24.3 Å². The molecule has 1 fully saturated rings. The Hall–Kier alpha value is -2.24. The van der Waals surface area contributed by atoms with Gasteiger partial charge in [0.1, 0.15) is 0 Å². The van der Waals surface area contributed by atoms with Gasteiger partial charge in [0.25, 0.3) is 0 Å². The van der Waals surface area contributed by atoms with Crippen molar-refractivity contribution in [2.75, 3.05) is 5.32 Å². The molecule has 1 saturated carbocycles. The average Bonchev–Trinajstić information content (AvgIpc) is 3.10. The van der Waals surface area contributed by atoms with Crippen LogP contribution in [0.1, 0.15) is 23.6 Å². The van der Waals surface area contributed by atoms with Gasteiger partial charge in [0.15, 0.2) is 17.5 Å². The summed E-state index contributed by atoms with van der Waals surface area (Å²) in [6.45, 7) is 1.82. The molecule has 0 bridgehead atoms. The van der Waals surface area contributed by atoms with Crippen molar-refractivity contribution in [2.45, 2.75) is 19.3 Å². The molecule has 1 heterocycles. The lowest BCUT2D eigenvalue weighted by Crippen LogP contribution is -2.15. The Labute approximate surface area is 114 Å². The van der Waals surface area contributed by atoms with Gasteiger partial charge < -0.3 is 5.32 Å². The van der Waals surface area contributed by atoms with E-state index in [4.69, 9.17) is 0 Å². The van der Waals surface area contributed by atoms with Gasteiger partial charge in [-0.3, -0.25) is 9.89 Å². The second-order valence-electron chi connectivity index (χ2n) is 5.02. The van der Waals surface area contributed by atoms with Crippen LogP contribution >= 0.6 is 0 Å². The van der Waals surface area contributed by atoms with Crippen molar-refractivity contribution < 1.29 is 13.6 Å². The molecule has 0 saturated heterocycles. The number of aromatic amines is 1. The van der Waals surface area contributed by atoms with E-state index in [1.54, 1.807) is 6.07 Å². The summed E-state index contributed by atoms with van der Waals surface area (Å²) in [6, 6.07) is 5.76. The van der Waals surface area contributed by atoms with Gasteiger partial charge in [-0.15, -0.1) is 0 Å². The molecular weight excluding hydrogens is 264 g/mol. The zero-order chi connectivity index (χ0) is 14.3. The normalized spacial score (nSPS) is 20.8. The molecule has 6 heteroatoms. The number of nitrogens with one attached hydrogen (secondary N) is 2. The first-order valence-electron chi connectivity index (χ1n) is 6.33. The fraction of sp³-hybridized carbons (Fsp3) is 0.286. The maximum absolute atomic E-state index is 13.6. The zero-order valence-electron chi connectivity index (χ0n) is 10.8. The van der Waals surface area contributed by atoms with Crippen LogP contribution in [0.4, 0.5) is 14.6 Å². The summed E-state index contributed by atoms with van der Waals surface area (Å²) < 4.78 is 26.8. The van der Waals surface area contributed by atoms with Crippen LogP contribution in [0.5, 0.6) is 0 Å². The number of H-pyrrole nitrogens is 1. The second-order valence-corrected chi connectivity index (χ2v) is 5.02. The van der Waals surface area contributed by atoms with E-state index in [0.29, 0.717) is 12.2 Å². The number of hydrogen-bond acceptors (Lipinski definition) is 2. The van der Waals surface area contributed by atoms with Gasteiger partial charge in [0, 0.05) is 17.7 Å². The monoisotopic (exact) mass is 277 g/mol. The smallest absolute Gasteiger partial charge is 0.229 e. The fourth-order valence-corrected chi connectivity index (χ4v) is 2.34. The van der Waals surface area contributed by atoms with E-state index in [0.717, 1.165) is 11.8 Å². The Morgan fingerprint density at radius 1 is 1.45 bits per heavy atom. The van der Waals surface area contributed by atoms with Crippen molar-refractivity contribution in [3.8, 4) is 0 Å². The summed E-state index contributed by atoms with van der Waals surface area (Å²) in [5, 5.41) is 9.28. The first kappa shape index (κ1) is 12.8. The Morgan fingerprint density at radius 2 is 2.25 bits per heavy atom. The molecule has 1 aliphatic rings. The largest absolute Gasteiger partial charge is 0.309 e. The highest BCUT2D eigenvalue weighted by Crippen LogP contribution is 2.48. The highest BCUT2D eigenvalue weighted by molar-refractivity contribution is 5.94. The molecule has 1 aromatic carbocycles. The molecule has 104 valence electrons. The van der Waals surface area contributed by atoms with Crippen LogP contribution in [-0.4, -0.2) is 16.1 Å². The van der Waals surface area contributed by atoms with Crippen LogP contribution < -0.4 is 5.32 Å². The van der Waals surface area contributed by atoms with Crippen molar-refractivity contribution in [1.82, 2.24) is 10.2 Å². The Morgan fingerprint density at radius 3 is 2.95 bits per heavy atom. The van der Waals surface area contributed by atoms with E-state index in [9.17, 15) is 13.6 Å². The minimum atomic E-state index is -0.878. The van der Waals surface area contributed by atoms with Gasteiger partial charge in [-0.05, 0) is 30.9 Å². The number of aromatic nitrogens is 2. The number of anilines is 1. The molecule has 1 aliphatic carbocycles. The lowest BCUT2D eigenvalue weighted by Gasteiger charge is -2.03. The minimum absolute atomic E-state index is 0.217. The van der Waals surface area contributed by atoms with Gasteiger partial charge in [-0.1, -0.05) is 12.1 Å². The molecule has 4 nitrogen and oxygen atoms in total. The Bertz CT molecular complexity index is 668. The summed E-state index contributed by atoms with van der Waals surface area (Å²) in [6.07, 6.45) is 0.523. The number of halogens is 2. The average molecular weight is 277 g/mol. The molecule has 2 aromatic rings. The van der Waals surface area contributed by atoms with Crippen LogP contribution in [-0.2, 0) is 4.79 Å². The third-order valence-corrected chi connectivity index (χ3v) is 3.47. The number of benzene rings is 1. The molecule has 2 unspecified atom stereocenters. The predicted molar refractivity (Wildman–Crippen MR) is 69.2 cm³/mol. The molecule has 1 aromatic heterocycles. The molecule has 0 radical (unpaired) electrons. The van der Waals surface area contributed by atoms with Crippen molar-refractivity contribution in [2.24, 2.45) is 5.92 Å². The first-order valence-corrected chi connectivity index (χ1v) is 6.33. The van der Waals surface area contributed by atoms with Crippen molar-refractivity contribution in [1.29, 1.82) is 0 Å². The number of carbonyl (C=O) groups excluding carboxylic acids is 1. The van der Waals surface area contributed by atoms with Crippen molar-refractivity contribution in [3.05, 3.63) is 47.2 Å². The number of rotatable bonds is 3.